The van der Waals surface area contributed by atoms with Crippen molar-refractivity contribution in [2.45, 2.75) is 39.2 Å². The fraction of sp³-hybridized carbons (Fsp3) is 0.632. The van der Waals surface area contributed by atoms with E-state index in [-0.39, 0.29) is 0 Å². The smallest absolute Gasteiger partial charge is 0.198 e. The molecular weight excluding hydrogens is 284 g/mol. The van der Waals surface area contributed by atoms with Gasteiger partial charge in [-0.25, -0.2) is 0 Å². The lowest BCUT2D eigenvalue weighted by atomic mass is 9.97. The Balaban J connectivity index is 1.59. The second-order valence-electron chi connectivity index (χ2n) is 7.06. The summed E-state index contributed by atoms with van der Waals surface area (Å²) in [5.41, 5.74) is 2.74. The van der Waals surface area contributed by atoms with Crippen LogP contribution in [-0.2, 0) is 6.42 Å². The molecule has 1 aromatic carbocycles. The highest BCUT2D eigenvalue weighted by Crippen LogP contribution is 2.27. The van der Waals surface area contributed by atoms with Crippen molar-refractivity contribution in [3.8, 4) is 0 Å². The van der Waals surface area contributed by atoms with Crippen molar-refractivity contribution in [3.63, 3.8) is 0 Å². The van der Waals surface area contributed by atoms with Crippen molar-refractivity contribution in [3.05, 3.63) is 29.8 Å². The first-order valence-corrected chi connectivity index (χ1v) is 8.99. The zero-order chi connectivity index (χ0) is 16.2. The van der Waals surface area contributed by atoms with E-state index in [1.54, 1.807) is 0 Å². The fourth-order valence-corrected chi connectivity index (χ4v) is 3.82. The quantitative estimate of drug-likeness (QED) is 0.687. The first-order valence-electron chi connectivity index (χ1n) is 8.99. The van der Waals surface area contributed by atoms with Gasteiger partial charge >= 0.3 is 0 Å². The number of aliphatic imine (C=N–C) groups is 1. The number of benzene rings is 1. The van der Waals surface area contributed by atoms with E-state index in [1.165, 1.54) is 37.2 Å². The first-order chi connectivity index (χ1) is 11.2. The molecule has 126 valence electrons. The van der Waals surface area contributed by atoms with Gasteiger partial charge in [0.25, 0.3) is 0 Å². The number of nitrogens with one attached hydrogen (secondary N) is 1. The number of fused-ring (bicyclic) bond motifs is 1. The van der Waals surface area contributed by atoms with Crippen LogP contribution in [0.25, 0.3) is 0 Å². The summed E-state index contributed by atoms with van der Waals surface area (Å²) in [7, 11) is 1.89. The van der Waals surface area contributed by atoms with Crippen LogP contribution in [0.2, 0.25) is 0 Å². The molecule has 0 radical (unpaired) electrons. The molecule has 0 amide bonds. The van der Waals surface area contributed by atoms with E-state index in [0.29, 0.717) is 6.04 Å². The Morgan fingerprint density at radius 3 is 2.91 bits per heavy atom. The zero-order valence-electron chi connectivity index (χ0n) is 14.8. The van der Waals surface area contributed by atoms with Crippen molar-refractivity contribution in [2.24, 2.45) is 10.9 Å². The number of anilines is 1. The van der Waals surface area contributed by atoms with Crippen molar-refractivity contribution in [1.29, 1.82) is 0 Å². The van der Waals surface area contributed by atoms with E-state index < -0.39 is 0 Å². The third-order valence-corrected chi connectivity index (χ3v) is 5.18. The van der Waals surface area contributed by atoms with E-state index in [2.05, 4.69) is 58.2 Å². The van der Waals surface area contributed by atoms with Gasteiger partial charge < -0.3 is 15.1 Å². The summed E-state index contributed by atoms with van der Waals surface area (Å²) in [6.45, 7) is 9.11. The van der Waals surface area contributed by atoms with Gasteiger partial charge in [0.1, 0.15) is 0 Å². The fourth-order valence-electron chi connectivity index (χ4n) is 3.82. The second kappa shape index (κ2) is 7.35. The summed E-state index contributed by atoms with van der Waals surface area (Å²) >= 11 is 0. The number of para-hydroxylation sites is 1. The summed E-state index contributed by atoms with van der Waals surface area (Å²) in [6, 6.07) is 9.33. The predicted molar refractivity (Wildman–Crippen MR) is 98.3 cm³/mol. The summed E-state index contributed by atoms with van der Waals surface area (Å²) in [6.07, 6.45) is 3.75. The normalized spacial score (nSPS) is 22.5. The van der Waals surface area contributed by atoms with Gasteiger partial charge in [-0.1, -0.05) is 18.2 Å². The Labute approximate surface area is 140 Å². The number of rotatable bonds is 3. The highest BCUT2D eigenvalue weighted by molar-refractivity contribution is 5.97. The summed E-state index contributed by atoms with van der Waals surface area (Å²) in [5.74, 6) is 1.75. The molecule has 2 aliphatic heterocycles. The number of piperidine rings is 1. The van der Waals surface area contributed by atoms with Gasteiger partial charge in [0.15, 0.2) is 5.96 Å². The lowest BCUT2D eigenvalue weighted by Crippen LogP contribution is -2.47. The molecule has 23 heavy (non-hydrogen) atoms. The molecule has 1 saturated heterocycles. The molecule has 0 aromatic heterocycles. The summed E-state index contributed by atoms with van der Waals surface area (Å²) in [5, 5.41) is 3.63. The molecule has 1 N–H and O–H groups in total. The van der Waals surface area contributed by atoms with E-state index in [4.69, 9.17) is 0 Å². The second-order valence-corrected chi connectivity index (χ2v) is 7.06. The number of nitrogens with zero attached hydrogens (tertiary/aromatic N) is 3. The van der Waals surface area contributed by atoms with Gasteiger partial charge in [-0.3, -0.25) is 4.99 Å². The molecule has 4 heteroatoms. The zero-order valence-corrected chi connectivity index (χ0v) is 14.8. The van der Waals surface area contributed by atoms with Crippen LogP contribution >= 0.6 is 0 Å². The van der Waals surface area contributed by atoms with Gasteiger partial charge in [-0.15, -0.1) is 0 Å². The van der Waals surface area contributed by atoms with Crippen molar-refractivity contribution < 1.29 is 0 Å². The van der Waals surface area contributed by atoms with Gasteiger partial charge in [0, 0.05) is 38.4 Å². The molecule has 2 heterocycles. The molecule has 0 bridgehead atoms. The summed E-state index contributed by atoms with van der Waals surface area (Å²) in [4.78, 5) is 9.46. The number of likely N-dealkylation sites (tertiary alicyclic amines) is 1. The molecule has 1 atom stereocenters. The molecular formula is C19H30N4. The Morgan fingerprint density at radius 2 is 2.13 bits per heavy atom. The number of hydrogen-bond acceptors (Lipinski definition) is 2. The molecule has 3 rings (SSSR count). The van der Waals surface area contributed by atoms with E-state index in [1.807, 2.05) is 7.05 Å². The average molecular weight is 314 g/mol. The highest BCUT2D eigenvalue weighted by atomic mass is 15.3. The molecule has 0 saturated carbocycles. The van der Waals surface area contributed by atoms with Crippen LogP contribution in [0.5, 0.6) is 0 Å². The predicted octanol–water partition coefficient (Wildman–Crippen LogP) is 2.74. The lowest BCUT2D eigenvalue weighted by Gasteiger charge is -2.36. The van der Waals surface area contributed by atoms with E-state index >= 15 is 0 Å². The number of guanidine groups is 1. The van der Waals surface area contributed by atoms with Crippen LogP contribution in [-0.4, -0.2) is 50.1 Å². The van der Waals surface area contributed by atoms with Crippen LogP contribution in [0.3, 0.4) is 0 Å². The van der Waals surface area contributed by atoms with Gasteiger partial charge in [0.2, 0.25) is 0 Å². The van der Waals surface area contributed by atoms with Crippen molar-refractivity contribution in [2.75, 3.05) is 38.1 Å². The van der Waals surface area contributed by atoms with Gasteiger partial charge in [-0.2, -0.15) is 0 Å². The molecule has 4 nitrogen and oxygen atoms in total. The molecule has 1 fully saturated rings. The van der Waals surface area contributed by atoms with Crippen LogP contribution in [0.15, 0.2) is 29.3 Å². The highest BCUT2D eigenvalue weighted by Gasteiger charge is 2.25. The van der Waals surface area contributed by atoms with E-state index in [0.717, 1.165) is 31.4 Å². The topological polar surface area (TPSA) is 30.9 Å². The minimum Gasteiger partial charge on any atom is -0.356 e. The maximum atomic E-state index is 4.53. The Morgan fingerprint density at radius 1 is 1.30 bits per heavy atom. The Hall–Kier alpha value is -1.55. The van der Waals surface area contributed by atoms with Gasteiger partial charge in [0.05, 0.1) is 0 Å². The monoisotopic (exact) mass is 314 g/mol. The molecule has 1 aromatic rings. The minimum absolute atomic E-state index is 0.655. The van der Waals surface area contributed by atoms with Crippen LogP contribution in [0, 0.1) is 5.92 Å². The van der Waals surface area contributed by atoms with Crippen LogP contribution in [0.4, 0.5) is 5.69 Å². The maximum Gasteiger partial charge on any atom is 0.198 e. The molecule has 0 spiro atoms. The van der Waals surface area contributed by atoms with Crippen LogP contribution in [0.1, 0.15) is 32.3 Å². The van der Waals surface area contributed by atoms with Crippen LogP contribution < -0.4 is 10.2 Å². The average Bonchev–Trinajstić information content (AvgIpc) is 3.00. The van der Waals surface area contributed by atoms with E-state index in [9.17, 15) is 0 Å². The summed E-state index contributed by atoms with van der Waals surface area (Å²) < 4.78 is 0. The van der Waals surface area contributed by atoms with Crippen molar-refractivity contribution in [1.82, 2.24) is 10.2 Å². The standard InChI is InChI=1S/C19H30N4/c1-15(2)22-11-6-7-16(14-22)13-21-19(20-3)23-12-10-17-8-4-5-9-18(17)23/h4-5,8-9,15-16H,6-7,10-14H2,1-3H3,(H,20,21). The van der Waals surface area contributed by atoms with Crippen molar-refractivity contribution >= 4 is 11.6 Å². The Kier molecular flexibility index (Phi) is 5.21. The SMILES string of the molecule is CN=C(NCC1CCCN(C(C)C)C1)N1CCc2ccccc21. The third kappa shape index (κ3) is 3.69. The maximum absolute atomic E-state index is 4.53. The molecule has 0 aliphatic carbocycles. The minimum atomic E-state index is 0.655. The first kappa shape index (κ1) is 16.3. The largest absolute Gasteiger partial charge is 0.356 e. The number of hydrogen-bond donors (Lipinski definition) is 1. The lowest BCUT2D eigenvalue weighted by molar-refractivity contribution is 0.141. The molecule has 1 unspecified atom stereocenters. The third-order valence-electron chi connectivity index (χ3n) is 5.18. The molecule has 2 aliphatic rings. The Bertz CT molecular complexity index is 552. The van der Waals surface area contributed by atoms with Gasteiger partial charge in [-0.05, 0) is 57.2 Å².